The van der Waals surface area contributed by atoms with Crippen LogP contribution in [0, 0.1) is 0 Å². The van der Waals surface area contributed by atoms with E-state index in [1.807, 2.05) is 38.1 Å². The van der Waals surface area contributed by atoms with Crippen molar-refractivity contribution in [2.45, 2.75) is 44.7 Å². The van der Waals surface area contributed by atoms with Crippen LogP contribution in [0.5, 0.6) is 0 Å². The molecule has 0 radical (unpaired) electrons. The highest BCUT2D eigenvalue weighted by Gasteiger charge is 2.30. The Morgan fingerprint density at radius 3 is 2.75 bits per heavy atom. The molecule has 20 heavy (non-hydrogen) atoms. The maximum Gasteiger partial charge on any atom is 0.303 e. The molecule has 0 spiro atoms. The highest BCUT2D eigenvalue weighted by molar-refractivity contribution is 5.87. The fourth-order valence-corrected chi connectivity index (χ4v) is 2.36. The smallest absolute Gasteiger partial charge is 0.303 e. The first-order valence-electron chi connectivity index (χ1n) is 6.76. The van der Waals surface area contributed by atoms with Crippen LogP contribution < -0.4 is 10.6 Å². The number of fused-ring (bicyclic) bond motifs is 1. The highest BCUT2D eigenvalue weighted by Crippen LogP contribution is 2.25. The predicted molar refractivity (Wildman–Crippen MR) is 76.6 cm³/mol. The normalized spacial score (nSPS) is 17.2. The van der Waals surface area contributed by atoms with Crippen LogP contribution in [-0.2, 0) is 16.0 Å². The maximum atomic E-state index is 12.3. The number of carbonyl (C=O) groups is 2. The van der Waals surface area contributed by atoms with Crippen molar-refractivity contribution in [3.05, 3.63) is 29.8 Å². The lowest BCUT2D eigenvalue weighted by Gasteiger charge is -2.27. The van der Waals surface area contributed by atoms with Crippen molar-refractivity contribution in [2.24, 2.45) is 0 Å². The number of carbonyl (C=O) groups excluding carboxylic acids is 1. The zero-order valence-corrected chi connectivity index (χ0v) is 11.8. The first-order valence-corrected chi connectivity index (χ1v) is 6.76. The Labute approximate surface area is 118 Å². The summed E-state index contributed by atoms with van der Waals surface area (Å²) in [5.41, 5.74) is 1.61. The van der Waals surface area contributed by atoms with Crippen molar-refractivity contribution in [2.75, 3.05) is 5.32 Å². The number of para-hydroxylation sites is 1. The Bertz CT molecular complexity index is 501. The lowest BCUT2D eigenvalue weighted by molar-refractivity contribution is -0.137. The second-order valence-corrected chi connectivity index (χ2v) is 5.83. The summed E-state index contributed by atoms with van der Waals surface area (Å²) < 4.78 is 0. The summed E-state index contributed by atoms with van der Waals surface area (Å²) in [5.74, 6) is -0.935. The van der Waals surface area contributed by atoms with Gasteiger partial charge in [0.15, 0.2) is 0 Å². The van der Waals surface area contributed by atoms with Gasteiger partial charge in [0.05, 0.1) is 0 Å². The molecule has 2 rings (SSSR count). The second-order valence-electron chi connectivity index (χ2n) is 5.83. The lowest BCUT2D eigenvalue weighted by Crippen LogP contribution is -2.49. The molecule has 108 valence electrons. The van der Waals surface area contributed by atoms with E-state index in [0.717, 1.165) is 11.3 Å². The fourth-order valence-electron chi connectivity index (χ4n) is 2.36. The van der Waals surface area contributed by atoms with Gasteiger partial charge in [-0.25, -0.2) is 0 Å². The molecular weight excluding hydrogens is 256 g/mol. The minimum atomic E-state index is -0.848. The third kappa shape index (κ3) is 3.50. The van der Waals surface area contributed by atoms with Gasteiger partial charge in [-0.05, 0) is 31.9 Å². The van der Waals surface area contributed by atoms with Gasteiger partial charge in [0.2, 0.25) is 5.91 Å². The molecule has 0 aliphatic carbocycles. The number of benzene rings is 1. The van der Waals surface area contributed by atoms with Gasteiger partial charge in [-0.3, -0.25) is 9.59 Å². The molecule has 5 heteroatoms. The largest absolute Gasteiger partial charge is 0.481 e. The van der Waals surface area contributed by atoms with E-state index < -0.39 is 11.5 Å². The van der Waals surface area contributed by atoms with E-state index in [-0.39, 0.29) is 18.4 Å². The van der Waals surface area contributed by atoms with E-state index in [4.69, 9.17) is 5.11 Å². The van der Waals surface area contributed by atoms with Crippen molar-refractivity contribution < 1.29 is 14.7 Å². The number of aliphatic carboxylic acids is 1. The van der Waals surface area contributed by atoms with Crippen LogP contribution in [0.1, 0.15) is 32.3 Å². The van der Waals surface area contributed by atoms with Crippen LogP contribution in [0.3, 0.4) is 0 Å². The van der Waals surface area contributed by atoms with Crippen LogP contribution in [0.25, 0.3) is 0 Å². The van der Waals surface area contributed by atoms with E-state index in [9.17, 15) is 9.59 Å². The van der Waals surface area contributed by atoms with Crippen molar-refractivity contribution in [1.82, 2.24) is 5.32 Å². The van der Waals surface area contributed by atoms with Gasteiger partial charge in [0.25, 0.3) is 0 Å². The van der Waals surface area contributed by atoms with E-state index in [1.165, 1.54) is 0 Å². The Hall–Kier alpha value is -2.04. The van der Waals surface area contributed by atoms with Gasteiger partial charge in [-0.15, -0.1) is 0 Å². The Morgan fingerprint density at radius 1 is 1.40 bits per heavy atom. The van der Waals surface area contributed by atoms with Crippen LogP contribution in [0.15, 0.2) is 24.3 Å². The van der Waals surface area contributed by atoms with E-state index in [0.29, 0.717) is 12.8 Å². The molecule has 1 aromatic carbocycles. The Balaban J connectivity index is 1.92. The van der Waals surface area contributed by atoms with Gasteiger partial charge < -0.3 is 15.7 Å². The first kappa shape index (κ1) is 14.4. The van der Waals surface area contributed by atoms with E-state index >= 15 is 0 Å². The molecule has 1 aromatic rings. The maximum absolute atomic E-state index is 12.3. The highest BCUT2D eigenvalue weighted by atomic mass is 16.4. The third-order valence-corrected chi connectivity index (χ3v) is 3.51. The predicted octanol–water partition coefficient (Wildman–Crippen LogP) is 1.78. The van der Waals surface area contributed by atoms with Crippen LogP contribution >= 0.6 is 0 Å². The summed E-state index contributed by atoms with van der Waals surface area (Å²) in [5, 5.41) is 14.8. The SMILES string of the molecule is CC(C)(CCC(=O)O)NC(=O)C1Cc2ccccc2N1. The molecule has 1 atom stereocenters. The Kier molecular flexibility index (Phi) is 3.97. The van der Waals surface area contributed by atoms with Crippen LogP contribution in [-0.4, -0.2) is 28.6 Å². The van der Waals surface area contributed by atoms with Gasteiger partial charge in [-0.2, -0.15) is 0 Å². The van der Waals surface area contributed by atoms with Gasteiger partial charge in [0.1, 0.15) is 6.04 Å². The number of hydrogen-bond acceptors (Lipinski definition) is 3. The number of rotatable bonds is 5. The summed E-state index contributed by atoms with van der Waals surface area (Å²) in [7, 11) is 0. The molecule has 0 saturated heterocycles. The molecule has 1 aliphatic heterocycles. The second kappa shape index (κ2) is 5.53. The van der Waals surface area contributed by atoms with Crippen LogP contribution in [0.4, 0.5) is 5.69 Å². The zero-order chi connectivity index (χ0) is 14.8. The standard InChI is InChI=1S/C15H20N2O3/c1-15(2,8-7-13(18)19)17-14(20)12-9-10-5-3-4-6-11(10)16-12/h3-6,12,16H,7-9H2,1-2H3,(H,17,20)(H,18,19). The first-order chi connectivity index (χ1) is 9.37. The number of amides is 1. The molecule has 0 aromatic heterocycles. The topological polar surface area (TPSA) is 78.4 Å². The molecule has 0 fully saturated rings. The average Bonchev–Trinajstić information content (AvgIpc) is 2.80. The van der Waals surface area contributed by atoms with Gasteiger partial charge in [0, 0.05) is 24.1 Å². The van der Waals surface area contributed by atoms with E-state index in [2.05, 4.69) is 10.6 Å². The lowest BCUT2D eigenvalue weighted by atomic mass is 9.97. The number of hydrogen-bond donors (Lipinski definition) is 3. The summed E-state index contributed by atoms with van der Waals surface area (Å²) in [6, 6.07) is 7.57. The van der Waals surface area contributed by atoms with E-state index in [1.54, 1.807) is 0 Å². The fraction of sp³-hybridized carbons (Fsp3) is 0.467. The molecule has 1 unspecified atom stereocenters. The molecule has 1 aliphatic rings. The molecule has 5 nitrogen and oxygen atoms in total. The van der Waals surface area contributed by atoms with Crippen LogP contribution in [0.2, 0.25) is 0 Å². The third-order valence-electron chi connectivity index (χ3n) is 3.51. The summed E-state index contributed by atoms with van der Waals surface area (Å²) in [4.78, 5) is 22.9. The molecule has 1 amide bonds. The zero-order valence-electron chi connectivity index (χ0n) is 11.8. The molecule has 3 N–H and O–H groups in total. The summed E-state index contributed by atoms with van der Waals surface area (Å²) >= 11 is 0. The quantitative estimate of drug-likeness (QED) is 0.766. The number of anilines is 1. The Morgan fingerprint density at radius 2 is 2.10 bits per heavy atom. The van der Waals surface area contributed by atoms with Crippen molar-refractivity contribution in [1.29, 1.82) is 0 Å². The van der Waals surface area contributed by atoms with Crippen molar-refractivity contribution >= 4 is 17.6 Å². The molecule has 0 saturated carbocycles. The number of nitrogens with one attached hydrogen (secondary N) is 2. The molecular formula is C15H20N2O3. The van der Waals surface area contributed by atoms with Gasteiger partial charge in [-0.1, -0.05) is 18.2 Å². The minimum absolute atomic E-state index is 0.0472. The van der Waals surface area contributed by atoms with Gasteiger partial charge >= 0.3 is 5.97 Å². The summed E-state index contributed by atoms with van der Waals surface area (Å²) in [6.45, 7) is 3.69. The average molecular weight is 276 g/mol. The van der Waals surface area contributed by atoms with Crippen molar-refractivity contribution in [3.8, 4) is 0 Å². The molecule has 0 bridgehead atoms. The monoisotopic (exact) mass is 276 g/mol. The number of carboxylic acids is 1. The molecule has 1 heterocycles. The van der Waals surface area contributed by atoms with Crippen molar-refractivity contribution in [3.63, 3.8) is 0 Å². The summed E-state index contributed by atoms with van der Waals surface area (Å²) in [6.07, 6.45) is 1.12. The number of carboxylic acid groups (broad SMARTS) is 1. The minimum Gasteiger partial charge on any atom is -0.481 e.